The van der Waals surface area contributed by atoms with Gasteiger partial charge in [0.15, 0.2) is 5.13 Å². The van der Waals surface area contributed by atoms with E-state index in [1.165, 1.54) is 35.1 Å². The normalized spacial score (nSPS) is 17.6. The maximum atomic E-state index is 13.7. The van der Waals surface area contributed by atoms with Crippen LogP contribution < -0.4 is 10.6 Å². The summed E-state index contributed by atoms with van der Waals surface area (Å²) >= 11 is 1.21. The van der Waals surface area contributed by atoms with E-state index >= 15 is 0 Å². The van der Waals surface area contributed by atoms with Crippen molar-refractivity contribution in [1.82, 2.24) is 10.3 Å². The molecule has 1 aliphatic carbocycles. The molecule has 0 saturated heterocycles. The third-order valence-corrected chi connectivity index (χ3v) is 5.75. The molecule has 4 rings (SSSR count). The van der Waals surface area contributed by atoms with Gasteiger partial charge in [0.05, 0.1) is 17.7 Å². The van der Waals surface area contributed by atoms with Gasteiger partial charge in [0.2, 0.25) is 5.91 Å². The number of rotatable bonds is 7. The Kier molecular flexibility index (Phi) is 5.67. The molecule has 1 aliphatic rings. The van der Waals surface area contributed by atoms with Crippen LogP contribution in [0.2, 0.25) is 0 Å². The molecule has 1 heterocycles. The standard InChI is InChI=1S/C22H20FN3O2S/c23-19-9-5-4-8-17(19)21(28)26-22-25-16(13-29-22)11-20(27)24-12-15-10-18(15)14-6-2-1-3-7-14/h1-9,13,15,18H,10-12H2,(H,24,27)(H,25,26,28). The van der Waals surface area contributed by atoms with Crippen LogP contribution in [0.5, 0.6) is 0 Å². The van der Waals surface area contributed by atoms with Gasteiger partial charge in [0.1, 0.15) is 5.82 Å². The van der Waals surface area contributed by atoms with Gasteiger partial charge in [-0.3, -0.25) is 14.9 Å². The molecule has 1 fully saturated rings. The summed E-state index contributed by atoms with van der Waals surface area (Å²) in [5.41, 5.74) is 1.85. The van der Waals surface area contributed by atoms with Gasteiger partial charge in [0.25, 0.3) is 5.91 Å². The van der Waals surface area contributed by atoms with Crippen molar-refractivity contribution < 1.29 is 14.0 Å². The molecule has 29 heavy (non-hydrogen) atoms. The van der Waals surface area contributed by atoms with E-state index in [0.717, 1.165) is 6.42 Å². The Hall–Kier alpha value is -3.06. The summed E-state index contributed by atoms with van der Waals surface area (Å²) in [6, 6.07) is 16.1. The molecule has 2 atom stereocenters. The minimum absolute atomic E-state index is 0.0422. The van der Waals surface area contributed by atoms with E-state index < -0.39 is 11.7 Å². The number of hydrogen-bond acceptors (Lipinski definition) is 4. The average molecular weight is 409 g/mol. The SMILES string of the molecule is O=C(Cc1csc(NC(=O)c2ccccc2F)n1)NCC1CC1c1ccccc1. The number of carbonyl (C=O) groups is 2. The summed E-state index contributed by atoms with van der Waals surface area (Å²) in [7, 11) is 0. The fourth-order valence-corrected chi connectivity index (χ4v) is 4.01. The fourth-order valence-electron chi connectivity index (χ4n) is 3.31. The zero-order valence-corrected chi connectivity index (χ0v) is 16.4. The van der Waals surface area contributed by atoms with Crippen LogP contribution in [-0.4, -0.2) is 23.3 Å². The first-order chi connectivity index (χ1) is 14.1. The van der Waals surface area contributed by atoms with Gasteiger partial charge in [-0.15, -0.1) is 11.3 Å². The predicted octanol–water partition coefficient (Wildman–Crippen LogP) is 4.00. The van der Waals surface area contributed by atoms with Crippen LogP contribution in [0.15, 0.2) is 60.0 Å². The van der Waals surface area contributed by atoms with Crippen LogP contribution >= 0.6 is 11.3 Å². The van der Waals surface area contributed by atoms with E-state index in [1.807, 2.05) is 18.2 Å². The van der Waals surface area contributed by atoms with E-state index in [9.17, 15) is 14.0 Å². The summed E-state index contributed by atoms with van der Waals surface area (Å²) in [5, 5.41) is 7.60. The second-order valence-corrected chi connectivity index (χ2v) is 7.93. The highest BCUT2D eigenvalue weighted by atomic mass is 32.1. The van der Waals surface area contributed by atoms with E-state index in [2.05, 4.69) is 27.8 Å². The molecule has 2 N–H and O–H groups in total. The number of halogens is 1. The Morgan fingerprint density at radius 3 is 2.66 bits per heavy atom. The molecule has 5 nitrogen and oxygen atoms in total. The lowest BCUT2D eigenvalue weighted by Crippen LogP contribution is -2.27. The second kappa shape index (κ2) is 8.53. The minimum atomic E-state index is -0.588. The van der Waals surface area contributed by atoms with Crippen molar-refractivity contribution in [3.05, 3.63) is 82.6 Å². The van der Waals surface area contributed by atoms with Gasteiger partial charge in [-0.1, -0.05) is 42.5 Å². The first-order valence-electron chi connectivity index (χ1n) is 9.42. The van der Waals surface area contributed by atoms with Crippen LogP contribution in [0.25, 0.3) is 0 Å². The summed E-state index contributed by atoms with van der Waals surface area (Å²) in [5.74, 6) is -0.242. The van der Waals surface area contributed by atoms with Gasteiger partial charge >= 0.3 is 0 Å². The number of benzene rings is 2. The Morgan fingerprint density at radius 2 is 1.86 bits per heavy atom. The predicted molar refractivity (Wildman–Crippen MR) is 110 cm³/mol. The Balaban J connectivity index is 1.24. The summed E-state index contributed by atoms with van der Waals surface area (Å²) in [4.78, 5) is 28.6. The smallest absolute Gasteiger partial charge is 0.260 e. The quantitative estimate of drug-likeness (QED) is 0.620. The highest BCUT2D eigenvalue weighted by Gasteiger charge is 2.37. The van der Waals surface area contributed by atoms with E-state index in [-0.39, 0.29) is 17.9 Å². The largest absolute Gasteiger partial charge is 0.355 e. The zero-order valence-electron chi connectivity index (χ0n) is 15.6. The molecule has 0 bridgehead atoms. The molecule has 1 aromatic heterocycles. The van der Waals surface area contributed by atoms with Crippen molar-refractivity contribution in [2.45, 2.75) is 18.8 Å². The first kappa shape index (κ1) is 19.3. The average Bonchev–Trinajstić information content (AvgIpc) is 3.39. The number of anilines is 1. The molecule has 7 heteroatoms. The van der Waals surface area contributed by atoms with Crippen LogP contribution in [0.4, 0.5) is 9.52 Å². The van der Waals surface area contributed by atoms with Crippen LogP contribution in [0.3, 0.4) is 0 Å². The molecular weight excluding hydrogens is 389 g/mol. The van der Waals surface area contributed by atoms with E-state index in [0.29, 0.717) is 29.2 Å². The summed E-state index contributed by atoms with van der Waals surface area (Å²) in [6.07, 6.45) is 1.24. The topological polar surface area (TPSA) is 71.1 Å². The fraction of sp³-hybridized carbons (Fsp3) is 0.227. The number of nitrogens with one attached hydrogen (secondary N) is 2. The van der Waals surface area contributed by atoms with Crippen LogP contribution in [0, 0.1) is 11.7 Å². The highest BCUT2D eigenvalue weighted by molar-refractivity contribution is 7.14. The molecule has 0 radical (unpaired) electrons. The molecule has 2 unspecified atom stereocenters. The van der Waals surface area contributed by atoms with E-state index in [4.69, 9.17) is 0 Å². The van der Waals surface area contributed by atoms with Gasteiger partial charge in [-0.25, -0.2) is 9.37 Å². The lowest BCUT2D eigenvalue weighted by atomic mass is 10.1. The number of amides is 2. The number of thiazole rings is 1. The maximum absolute atomic E-state index is 13.7. The molecule has 1 saturated carbocycles. The minimum Gasteiger partial charge on any atom is -0.355 e. The van der Waals surface area contributed by atoms with Crippen molar-refractivity contribution in [3.63, 3.8) is 0 Å². The monoisotopic (exact) mass is 409 g/mol. The van der Waals surface area contributed by atoms with Gasteiger partial charge in [0, 0.05) is 11.9 Å². The van der Waals surface area contributed by atoms with Gasteiger partial charge in [-0.2, -0.15) is 0 Å². The molecule has 2 aromatic carbocycles. The molecule has 0 aliphatic heterocycles. The lowest BCUT2D eigenvalue weighted by molar-refractivity contribution is -0.120. The molecular formula is C22H20FN3O2S. The molecule has 148 valence electrons. The van der Waals surface area contributed by atoms with E-state index in [1.54, 1.807) is 11.4 Å². The first-order valence-corrected chi connectivity index (χ1v) is 10.3. The summed E-state index contributed by atoms with van der Waals surface area (Å²) < 4.78 is 13.7. The van der Waals surface area contributed by atoms with Gasteiger partial charge in [-0.05, 0) is 36.0 Å². The second-order valence-electron chi connectivity index (χ2n) is 7.07. The third-order valence-electron chi connectivity index (χ3n) is 4.94. The Morgan fingerprint density at radius 1 is 1.10 bits per heavy atom. The van der Waals surface area contributed by atoms with Crippen LogP contribution in [0.1, 0.15) is 34.0 Å². The lowest BCUT2D eigenvalue weighted by Gasteiger charge is -2.04. The highest BCUT2D eigenvalue weighted by Crippen LogP contribution is 2.46. The van der Waals surface area contributed by atoms with Crippen molar-refractivity contribution in [3.8, 4) is 0 Å². The summed E-state index contributed by atoms with van der Waals surface area (Å²) in [6.45, 7) is 0.652. The number of hydrogen-bond donors (Lipinski definition) is 2. The van der Waals surface area contributed by atoms with Crippen molar-refractivity contribution in [2.24, 2.45) is 5.92 Å². The Bertz CT molecular complexity index is 1020. The van der Waals surface area contributed by atoms with Crippen molar-refractivity contribution >= 4 is 28.3 Å². The zero-order chi connectivity index (χ0) is 20.2. The van der Waals surface area contributed by atoms with Crippen LogP contribution in [-0.2, 0) is 11.2 Å². The maximum Gasteiger partial charge on any atom is 0.260 e. The molecule has 3 aromatic rings. The number of nitrogens with zero attached hydrogens (tertiary/aromatic N) is 1. The Labute approximate surface area is 172 Å². The molecule has 2 amide bonds. The third kappa shape index (κ3) is 4.86. The molecule has 0 spiro atoms. The van der Waals surface area contributed by atoms with Gasteiger partial charge < -0.3 is 5.32 Å². The van der Waals surface area contributed by atoms with Crippen molar-refractivity contribution in [1.29, 1.82) is 0 Å². The number of aromatic nitrogens is 1. The van der Waals surface area contributed by atoms with Crippen molar-refractivity contribution in [2.75, 3.05) is 11.9 Å². The number of carbonyl (C=O) groups excluding carboxylic acids is 2.